The topological polar surface area (TPSA) is 95.4 Å². The van der Waals surface area contributed by atoms with Gasteiger partial charge in [0, 0.05) is 37.9 Å². The van der Waals surface area contributed by atoms with Crippen molar-refractivity contribution in [1.82, 2.24) is 29.9 Å². The number of amides is 2. The van der Waals surface area contributed by atoms with Crippen molar-refractivity contribution in [2.24, 2.45) is 7.05 Å². The van der Waals surface area contributed by atoms with Crippen LogP contribution in [0.15, 0.2) is 31.2 Å². The molecular weight excluding hydrogens is 389 g/mol. The second-order valence-electron chi connectivity index (χ2n) is 7.60. The SMILES string of the molecule is C=CC(=O)N1CCCC(N(C)C2NC(=O)c3c(Nc4cnn(C)c4)ncc(F)c32)C1. The Kier molecular flexibility index (Phi) is 5.25. The van der Waals surface area contributed by atoms with Gasteiger partial charge in [-0.05, 0) is 26.0 Å². The van der Waals surface area contributed by atoms with E-state index in [-0.39, 0.29) is 28.9 Å². The van der Waals surface area contributed by atoms with Crippen LogP contribution in [0.4, 0.5) is 15.9 Å². The van der Waals surface area contributed by atoms with Crippen molar-refractivity contribution in [2.75, 3.05) is 25.5 Å². The number of carbonyl (C=O) groups is 2. The third-order valence-electron chi connectivity index (χ3n) is 5.67. The number of aromatic nitrogens is 3. The lowest BCUT2D eigenvalue weighted by Crippen LogP contribution is -2.50. The maximum Gasteiger partial charge on any atom is 0.257 e. The predicted molar refractivity (Wildman–Crippen MR) is 108 cm³/mol. The molecule has 0 bridgehead atoms. The van der Waals surface area contributed by atoms with E-state index in [2.05, 4.69) is 27.3 Å². The van der Waals surface area contributed by atoms with Gasteiger partial charge in [0.2, 0.25) is 5.91 Å². The van der Waals surface area contributed by atoms with Crippen LogP contribution in [-0.4, -0.2) is 62.6 Å². The highest BCUT2D eigenvalue weighted by Gasteiger charge is 2.40. The van der Waals surface area contributed by atoms with Gasteiger partial charge in [0.15, 0.2) is 0 Å². The molecule has 2 aromatic rings. The van der Waals surface area contributed by atoms with Crippen molar-refractivity contribution >= 4 is 23.3 Å². The minimum Gasteiger partial charge on any atom is -0.338 e. The number of fused-ring (bicyclic) bond motifs is 1. The van der Waals surface area contributed by atoms with E-state index < -0.39 is 17.9 Å². The van der Waals surface area contributed by atoms with Crippen LogP contribution < -0.4 is 10.6 Å². The molecule has 0 aromatic carbocycles. The number of likely N-dealkylation sites (tertiary alicyclic amines) is 1. The number of carbonyl (C=O) groups excluding carboxylic acids is 2. The molecule has 2 aliphatic heterocycles. The minimum absolute atomic E-state index is 0.0267. The van der Waals surface area contributed by atoms with Gasteiger partial charge in [-0.2, -0.15) is 5.10 Å². The van der Waals surface area contributed by atoms with Gasteiger partial charge in [0.1, 0.15) is 17.8 Å². The van der Waals surface area contributed by atoms with Gasteiger partial charge in [-0.25, -0.2) is 9.37 Å². The van der Waals surface area contributed by atoms with Crippen LogP contribution >= 0.6 is 0 Å². The fourth-order valence-electron chi connectivity index (χ4n) is 4.12. The molecule has 9 nitrogen and oxygen atoms in total. The van der Waals surface area contributed by atoms with Crippen molar-refractivity contribution in [3.8, 4) is 0 Å². The van der Waals surface area contributed by atoms with Gasteiger partial charge in [-0.15, -0.1) is 0 Å². The molecule has 30 heavy (non-hydrogen) atoms. The second kappa shape index (κ2) is 7.86. The molecule has 2 unspecified atom stereocenters. The first kappa shape index (κ1) is 20.0. The number of aryl methyl sites for hydroxylation is 1. The van der Waals surface area contributed by atoms with Crippen molar-refractivity contribution in [2.45, 2.75) is 25.0 Å². The lowest BCUT2D eigenvalue weighted by Gasteiger charge is -2.39. The highest BCUT2D eigenvalue weighted by atomic mass is 19.1. The molecule has 2 atom stereocenters. The van der Waals surface area contributed by atoms with Gasteiger partial charge in [-0.3, -0.25) is 19.2 Å². The number of pyridine rings is 1. The average molecular weight is 413 g/mol. The fraction of sp³-hybridized carbons (Fsp3) is 0.400. The number of likely N-dealkylation sites (N-methyl/N-ethyl adjacent to an activating group) is 1. The first-order valence-electron chi connectivity index (χ1n) is 9.77. The molecule has 0 spiro atoms. The number of nitrogens with one attached hydrogen (secondary N) is 2. The molecule has 2 amide bonds. The molecule has 4 rings (SSSR count). The summed E-state index contributed by atoms with van der Waals surface area (Å²) >= 11 is 0. The van der Waals surface area contributed by atoms with E-state index in [1.807, 2.05) is 11.9 Å². The van der Waals surface area contributed by atoms with Crippen LogP contribution in [0.25, 0.3) is 0 Å². The summed E-state index contributed by atoms with van der Waals surface area (Å²) in [4.78, 5) is 32.5. The lowest BCUT2D eigenvalue weighted by atomic mass is 10.0. The minimum atomic E-state index is -0.645. The summed E-state index contributed by atoms with van der Waals surface area (Å²) in [6, 6.07) is -0.0267. The zero-order valence-electron chi connectivity index (χ0n) is 16.9. The third kappa shape index (κ3) is 3.54. The van der Waals surface area contributed by atoms with Crippen LogP contribution in [0, 0.1) is 5.82 Å². The molecule has 10 heteroatoms. The summed E-state index contributed by atoms with van der Waals surface area (Å²) in [6.07, 6.45) is 6.78. The van der Waals surface area contributed by atoms with E-state index in [9.17, 15) is 14.0 Å². The maximum atomic E-state index is 14.8. The normalized spacial score (nSPS) is 20.8. The number of rotatable bonds is 5. The van der Waals surface area contributed by atoms with Gasteiger partial charge >= 0.3 is 0 Å². The molecule has 4 heterocycles. The summed E-state index contributed by atoms with van der Waals surface area (Å²) in [5.41, 5.74) is 1.09. The Morgan fingerprint density at radius 1 is 1.47 bits per heavy atom. The number of piperidine rings is 1. The average Bonchev–Trinajstić information content (AvgIpc) is 3.32. The Morgan fingerprint density at radius 2 is 2.27 bits per heavy atom. The van der Waals surface area contributed by atoms with E-state index in [4.69, 9.17) is 0 Å². The number of hydrogen-bond donors (Lipinski definition) is 2. The first-order chi connectivity index (χ1) is 14.4. The molecule has 0 radical (unpaired) electrons. The third-order valence-corrected chi connectivity index (χ3v) is 5.67. The molecule has 158 valence electrons. The Balaban J connectivity index is 1.62. The van der Waals surface area contributed by atoms with Crippen molar-refractivity contribution in [3.05, 3.63) is 48.2 Å². The monoisotopic (exact) mass is 413 g/mol. The molecule has 0 saturated carbocycles. The summed E-state index contributed by atoms with van der Waals surface area (Å²) in [6.45, 7) is 4.71. The van der Waals surface area contributed by atoms with Gasteiger partial charge in [0.25, 0.3) is 5.91 Å². The zero-order chi connectivity index (χ0) is 21.4. The van der Waals surface area contributed by atoms with E-state index >= 15 is 0 Å². The largest absolute Gasteiger partial charge is 0.338 e. The fourth-order valence-corrected chi connectivity index (χ4v) is 4.12. The molecule has 2 N–H and O–H groups in total. The van der Waals surface area contributed by atoms with Crippen LogP contribution in [-0.2, 0) is 11.8 Å². The van der Waals surface area contributed by atoms with Crippen molar-refractivity contribution in [3.63, 3.8) is 0 Å². The molecular formula is C20H24FN7O2. The second-order valence-corrected chi connectivity index (χ2v) is 7.60. The number of hydrogen-bond acceptors (Lipinski definition) is 6. The van der Waals surface area contributed by atoms with Gasteiger partial charge < -0.3 is 15.5 Å². The summed E-state index contributed by atoms with van der Waals surface area (Å²) in [7, 11) is 3.61. The zero-order valence-corrected chi connectivity index (χ0v) is 16.9. The van der Waals surface area contributed by atoms with E-state index in [1.165, 1.54) is 6.08 Å². The first-order valence-corrected chi connectivity index (χ1v) is 9.77. The molecule has 2 aliphatic rings. The van der Waals surface area contributed by atoms with Crippen LogP contribution in [0.2, 0.25) is 0 Å². The van der Waals surface area contributed by atoms with Crippen LogP contribution in [0.1, 0.15) is 34.9 Å². The summed E-state index contributed by atoms with van der Waals surface area (Å²) < 4.78 is 16.4. The quantitative estimate of drug-likeness (QED) is 0.723. The molecule has 1 fully saturated rings. The molecule has 0 aliphatic carbocycles. The molecule has 2 aromatic heterocycles. The molecule has 1 saturated heterocycles. The Hall–Kier alpha value is -3.27. The number of nitrogens with zero attached hydrogens (tertiary/aromatic N) is 5. The number of anilines is 2. The smallest absolute Gasteiger partial charge is 0.257 e. The Bertz CT molecular complexity index is 1010. The Morgan fingerprint density at radius 3 is 2.97 bits per heavy atom. The van der Waals surface area contributed by atoms with Gasteiger partial charge in [-0.1, -0.05) is 6.58 Å². The standard InChI is InChI=1S/C20H24FN7O2/c1-4-15(29)28-7-5-6-13(11-28)27(3)19-16-14(21)9-22-18(17(16)20(30)25-19)24-12-8-23-26(2)10-12/h4,8-10,13,19H,1,5-7,11H2,2-3H3,(H,22,24)(H,25,30). The van der Waals surface area contributed by atoms with Crippen molar-refractivity contribution in [1.29, 1.82) is 0 Å². The summed E-state index contributed by atoms with van der Waals surface area (Å²) in [5.74, 6) is -0.788. The lowest BCUT2D eigenvalue weighted by molar-refractivity contribution is -0.128. The van der Waals surface area contributed by atoms with E-state index in [0.29, 0.717) is 18.8 Å². The highest BCUT2D eigenvalue weighted by Crippen LogP contribution is 2.36. The number of halogens is 1. The van der Waals surface area contributed by atoms with E-state index in [1.54, 1.807) is 29.0 Å². The maximum absolute atomic E-state index is 14.8. The van der Waals surface area contributed by atoms with Gasteiger partial charge in [0.05, 0.1) is 23.6 Å². The van der Waals surface area contributed by atoms with Crippen molar-refractivity contribution < 1.29 is 14.0 Å². The van der Waals surface area contributed by atoms with E-state index in [0.717, 1.165) is 19.0 Å². The predicted octanol–water partition coefficient (Wildman–Crippen LogP) is 1.55. The highest BCUT2D eigenvalue weighted by molar-refractivity contribution is 6.03. The Labute approximate surface area is 173 Å². The van der Waals surface area contributed by atoms with Crippen LogP contribution in [0.5, 0.6) is 0 Å². The van der Waals surface area contributed by atoms with Crippen LogP contribution in [0.3, 0.4) is 0 Å². The summed E-state index contributed by atoms with van der Waals surface area (Å²) in [5, 5.41) is 10.00.